The van der Waals surface area contributed by atoms with Crippen molar-refractivity contribution in [3.05, 3.63) is 65.2 Å². The molecule has 4 atom stereocenters. The first kappa shape index (κ1) is 24.9. The number of aliphatic hydroxyl groups is 1. The van der Waals surface area contributed by atoms with Crippen LogP contribution in [0, 0.1) is 13.8 Å². The van der Waals surface area contributed by atoms with Gasteiger partial charge in [0.05, 0.1) is 17.0 Å². The molecule has 0 bridgehead atoms. The van der Waals surface area contributed by atoms with Gasteiger partial charge < -0.3 is 15.2 Å². The van der Waals surface area contributed by atoms with Crippen LogP contribution >= 0.6 is 0 Å². The van der Waals surface area contributed by atoms with Crippen molar-refractivity contribution in [3.8, 4) is 0 Å². The molecule has 1 saturated heterocycles. The number of carbonyl (C=O) groups excluding carboxylic acids is 2. The number of benzene rings is 2. The second kappa shape index (κ2) is 10.0. The van der Waals surface area contributed by atoms with E-state index in [4.69, 9.17) is 4.74 Å². The molecule has 4 unspecified atom stereocenters. The van der Waals surface area contributed by atoms with Crippen LogP contribution in [0.25, 0.3) is 0 Å². The van der Waals surface area contributed by atoms with Crippen LogP contribution in [0.3, 0.4) is 0 Å². The summed E-state index contributed by atoms with van der Waals surface area (Å²) < 4.78 is 32.7. The molecule has 1 fully saturated rings. The molecule has 0 aliphatic carbocycles. The van der Waals surface area contributed by atoms with Gasteiger partial charge in [0.2, 0.25) is 10.0 Å². The van der Waals surface area contributed by atoms with Crippen molar-refractivity contribution < 1.29 is 27.9 Å². The Balaban J connectivity index is 1.71. The van der Waals surface area contributed by atoms with Crippen LogP contribution in [-0.2, 0) is 24.3 Å². The molecule has 3 rings (SSSR count). The van der Waals surface area contributed by atoms with Gasteiger partial charge in [-0.05, 0) is 56.5 Å². The summed E-state index contributed by atoms with van der Waals surface area (Å²) in [7, 11) is -4.04. The van der Waals surface area contributed by atoms with Crippen molar-refractivity contribution >= 4 is 21.9 Å². The molecule has 0 saturated carbocycles. The summed E-state index contributed by atoms with van der Waals surface area (Å²) in [4.78, 5) is 25.4. The maximum atomic E-state index is 13.2. The van der Waals surface area contributed by atoms with Gasteiger partial charge >= 0.3 is 5.97 Å². The second-order valence-electron chi connectivity index (χ2n) is 8.45. The quantitative estimate of drug-likeness (QED) is 0.595. The van der Waals surface area contributed by atoms with Crippen LogP contribution in [-0.4, -0.2) is 54.5 Å². The number of sulfonamides is 1. The maximum absolute atomic E-state index is 13.2. The van der Waals surface area contributed by atoms with E-state index in [0.717, 1.165) is 21.0 Å². The Morgan fingerprint density at radius 1 is 1.09 bits per heavy atom. The van der Waals surface area contributed by atoms with Crippen molar-refractivity contribution in [2.24, 2.45) is 0 Å². The van der Waals surface area contributed by atoms with Crippen LogP contribution < -0.4 is 5.32 Å². The molecule has 2 aromatic rings. The summed E-state index contributed by atoms with van der Waals surface area (Å²) in [5, 5.41) is 12.9. The molecule has 2 N–H and O–H groups in total. The molecule has 178 valence electrons. The minimum atomic E-state index is -4.04. The van der Waals surface area contributed by atoms with Crippen LogP contribution in [0.5, 0.6) is 0 Å². The van der Waals surface area contributed by atoms with Crippen molar-refractivity contribution in [1.29, 1.82) is 0 Å². The summed E-state index contributed by atoms with van der Waals surface area (Å²) in [6.45, 7) is 6.69. The lowest BCUT2D eigenvalue weighted by Crippen LogP contribution is -2.44. The molecular weight excluding hydrogens is 444 g/mol. The largest absolute Gasteiger partial charge is 0.451 e. The van der Waals surface area contributed by atoms with E-state index in [1.54, 1.807) is 19.1 Å². The van der Waals surface area contributed by atoms with Gasteiger partial charge in [0.15, 0.2) is 6.10 Å². The minimum Gasteiger partial charge on any atom is -0.451 e. The Labute approximate surface area is 194 Å². The highest BCUT2D eigenvalue weighted by molar-refractivity contribution is 7.89. The minimum absolute atomic E-state index is 0.0416. The van der Waals surface area contributed by atoms with E-state index in [0.29, 0.717) is 0 Å². The van der Waals surface area contributed by atoms with Crippen molar-refractivity contribution in [2.45, 2.75) is 63.3 Å². The topological polar surface area (TPSA) is 113 Å². The number of esters is 1. The number of rotatable bonds is 7. The summed E-state index contributed by atoms with van der Waals surface area (Å²) >= 11 is 0. The Hall–Kier alpha value is -2.75. The number of hydrogen-bond acceptors (Lipinski definition) is 6. The van der Waals surface area contributed by atoms with E-state index >= 15 is 0 Å². The predicted octanol–water partition coefficient (Wildman–Crippen LogP) is 2.24. The average molecular weight is 475 g/mol. The van der Waals surface area contributed by atoms with Gasteiger partial charge in [-0.3, -0.25) is 9.59 Å². The molecule has 1 amide bonds. The fourth-order valence-electron chi connectivity index (χ4n) is 3.74. The first-order chi connectivity index (χ1) is 15.5. The highest BCUT2D eigenvalue weighted by Crippen LogP contribution is 2.28. The van der Waals surface area contributed by atoms with Crippen LogP contribution in [0.2, 0.25) is 0 Å². The van der Waals surface area contributed by atoms with E-state index in [1.807, 2.05) is 44.2 Å². The van der Waals surface area contributed by atoms with Crippen molar-refractivity contribution in [3.63, 3.8) is 0 Å². The third kappa shape index (κ3) is 5.61. The lowest BCUT2D eigenvalue weighted by atomic mass is 10.1. The van der Waals surface area contributed by atoms with E-state index < -0.39 is 40.1 Å². The van der Waals surface area contributed by atoms with Gasteiger partial charge in [0, 0.05) is 13.0 Å². The normalized spacial score (nSPS) is 20.8. The van der Waals surface area contributed by atoms with Crippen LogP contribution in [0.1, 0.15) is 43.0 Å². The molecular formula is C24H30N2O6S. The Bertz CT molecular complexity index is 1120. The summed E-state index contributed by atoms with van der Waals surface area (Å²) in [5.74, 6) is -1.37. The molecule has 8 nitrogen and oxygen atoms in total. The summed E-state index contributed by atoms with van der Waals surface area (Å²) in [6.07, 6.45) is -2.24. The molecule has 33 heavy (non-hydrogen) atoms. The van der Waals surface area contributed by atoms with Gasteiger partial charge in [0.25, 0.3) is 5.91 Å². The molecule has 0 radical (unpaired) electrons. The predicted molar refractivity (Wildman–Crippen MR) is 123 cm³/mol. The lowest BCUT2D eigenvalue weighted by Gasteiger charge is -2.24. The number of nitrogens with one attached hydrogen (secondary N) is 1. The fourth-order valence-corrected chi connectivity index (χ4v) is 5.45. The van der Waals surface area contributed by atoms with Gasteiger partial charge in [-0.2, -0.15) is 4.31 Å². The number of carbonyl (C=O) groups is 2. The van der Waals surface area contributed by atoms with Crippen LogP contribution in [0.15, 0.2) is 53.4 Å². The summed E-state index contributed by atoms with van der Waals surface area (Å²) in [6, 6.07) is 12.5. The van der Waals surface area contributed by atoms with E-state index in [1.165, 1.54) is 13.0 Å². The summed E-state index contributed by atoms with van der Waals surface area (Å²) in [5.41, 5.74) is 2.64. The SMILES string of the molecule is Cc1ccc(S(=O)(=O)N2CC(O)CC2C(=O)OC(C)C(=O)NC(C)c2ccccc2)cc1C. The lowest BCUT2D eigenvalue weighted by molar-refractivity contribution is -0.158. The number of amides is 1. The smallest absolute Gasteiger partial charge is 0.325 e. The Morgan fingerprint density at radius 3 is 2.39 bits per heavy atom. The number of ether oxygens (including phenoxy) is 1. The average Bonchev–Trinajstić information content (AvgIpc) is 3.18. The van der Waals surface area contributed by atoms with Gasteiger partial charge in [-0.25, -0.2) is 8.42 Å². The number of nitrogens with zero attached hydrogens (tertiary/aromatic N) is 1. The molecule has 0 spiro atoms. The molecule has 1 aliphatic heterocycles. The third-order valence-electron chi connectivity index (χ3n) is 5.91. The number of aryl methyl sites for hydroxylation is 2. The van der Waals surface area contributed by atoms with E-state index in [2.05, 4.69) is 5.32 Å². The Kier molecular flexibility index (Phi) is 7.56. The number of aliphatic hydroxyl groups excluding tert-OH is 1. The number of hydrogen-bond donors (Lipinski definition) is 2. The zero-order chi connectivity index (χ0) is 24.3. The Morgan fingerprint density at radius 2 is 1.76 bits per heavy atom. The third-order valence-corrected chi connectivity index (χ3v) is 7.78. The van der Waals surface area contributed by atoms with Crippen LogP contribution in [0.4, 0.5) is 0 Å². The first-order valence-corrected chi connectivity index (χ1v) is 12.3. The van der Waals surface area contributed by atoms with E-state index in [-0.39, 0.29) is 23.9 Å². The number of β-amino-alcohol motifs (C(OH)–C–C–N with tert-alkyl or cyclic N) is 1. The molecule has 0 aromatic heterocycles. The maximum Gasteiger partial charge on any atom is 0.325 e. The molecule has 2 aromatic carbocycles. The van der Waals surface area contributed by atoms with E-state index in [9.17, 15) is 23.1 Å². The second-order valence-corrected chi connectivity index (χ2v) is 10.3. The molecule has 1 aliphatic rings. The zero-order valence-corrected chi connectivity index (χ0v) is 20.0. The molecule has 1 heterocycles. The molecule has 9 heteroatoms. The van der Waals surface area contributed by atoms with Crippen molar-refractivity contribution in [2.75, 3.05) is 6.54 Å². The fraction of sp³-hybridized carbons (Fsp3) is 0.417. The van der Waals surface area contributed by atoms with Crippen molar-refractivity contribution in [1.82, 2.24) is 9.62 Å². The van der Waals surface area contributed by atoms with Gasteiger partial charge in [-0.15, -0.1) is 0 Å². The van der Waals surface area contributed by atoms with Gasteiger partial charge in [-0.1, -0.05) is 36.4 Å². The van der Waals surface area contributed by atoms with Gasteiger partial charge in [0.1, 0.15) is 6.04 Å². The zero-order valence-electron chi connectivity index (χ0n) is 19.2. The standard InChI is InChI=1S/C24H30N2O6S/c1-15-10-11-21(12-16(15)2)33(30,31)26-14-20(27)13-22(26)24(29)32-18(4)23(28)25-17(3)19-8-6-5-7-9-19/h5-12,17-18,20,22,27H,13-14H2,1-4H3,(H,25,28). The highest BCUT2D eigenvalue weighted by atomic mass is 32.2. The highest BCUT2D eigenvalue weighted by Gasteiger charge is 2.45. The monoisotopic (exact) mass is 474 g/mol. The first-order valence-electron chi connectivity index (χ1n) is 10.8.